The van der Waals surface area contributed by atoms with E-state index in [1.807, 2.05) is 36.7 Å². The summed E-state index contributed by atoms with van der Waals surface area (Å²) in [7, 11) is 0. The van der Waals surface area contributed by atoms with E-state index in [4.69, 9.17) is 9.97 Å². The van der Waals surface area contributed by atoms with Crippen LogP contribution in [-0.4, -0.2) is 27.0 Å². The average molecular weight is 874 g/mol. The van der Waals surface area contributed by atoms with Gasteiger partial charge >= 0.3 is 0 Å². The third-order valence-corrected chi connectivity index (χ3v) is 14.1. The van der Waals surface area contributed by atoms with E-state index in [2.05, 4.69) is 198 Å². The summed E-state index contributed by atoms with van der Waals surface area (Å²) < 4.78 is 0. The Bertz CT molecular complexity index is 3470. The lowest BCUT2D eigenvalue weighted by Crippen LogP contribution is -2.50. The molecule has 0 radical (unpaired) electrons. The molecule has 0 saturated carbocycles. The van der Waals surface area contributed by atoms with Crippen molar-refractivity contribution in [2.24, 2.45) is 0 Å². The molecule has 8 aromatic rings. The monoisotopic (exact) mass is 873 g/mol. The fraction of sp³-hybridized carbons (Fsp3) is 0.0952. The van der Waals surface area contributed by atoms with Gasteiger partial charge in [0.25, 0.3) is 0 Å². The predicted octanol–water partition coefficient (Wildman–Crippen LogP) is 14.3. The zero-order chi connectivity index (χ0) is 45.0. The largest absolute Gasteiger partial charge is 0.376 e. The highest BCUT2D eigenvalue weighted by atomic mass is 15.1. The summed E-state index contributed by atoms with van der Waals surface area (Å²) in [5.74, 6) is 0. The molecular weight excluding hydrogens is 827 g/mol. The highest BCUT2D eigenvalue weighted by molar-refractivity contribution is 6.00. The van der Waals surface area contributed by atoms with Gasteiger partial charge in [-0.15, -0.1) is 0 Å². The number of rotatable bonds is 7. The summed E-state index contributed by atoms with van der Waals surface area (Å²) in [5.41, 5.74) is 19.3. The second-order valence-corrected chi connectivity index (χ2v) is 18.3. The van der Waals surface area contributed by atoms with Crippen LogP contribution in [0.5, 0.6) is 0 Å². The lowest BCUT2D eigenvalue weighted by atomic mass is 9.75. The molecule has 2 aliphatic heterocycles. The highest BCUT2D eigenvalue weighted by Gasteiger charge is 2.38. The molecule has 0 saturated heterocycles. The van der Waals surface area contributed by atoms with Gasteiger partial charge in [0, 0.05) is 40.8 Å². The molecule has 5 nitrogen and oxygen atoms in total. The van der Waals surface area contributed by atoms with Gasteiger partial charge in [0.1, 0.15) is 0 Å². The van der Waals surface area contributed by atoms with Crippen LogP contribution >= 0.6 is 0 Å². The van der Waals surface area contributed by atoms with E-state index in [0.717, 1.165) is 75.4 Å². The van der Waals surface area contributed by atoms with Gasteiger partial charge in [0.15, 0.2) is 0 Å². The number of nitrogens with one attached hydrogen (secondary N) is 2. The Balaban J connectivity index is 0.820. The number of allylic oxidation sites excluding steroid dienone is 9. The summed E-state index contributed by atoms with van der Waals surface area (Å²) in [6.45, 7) is 0. The van der Waals surface area contributed by atoms with Gasteiger partial charge in [0.05, 0.1) is 34.9 Å². The van der Waals surface area contributed by atoms with E-state index in [1.165, 1.54) is 60.7 Å². The van der Waals surface area contributed by atoms with Gasteiger partial charge in [-0.25, -0.2) is 4.98 Å². The van der Waals surface area contributed by atoms with E-state index >= 15 is 0 Å². The Morgan fingerprint density at radius 3 is 2.13 bits per heavy atom. The SMILES string of the molecule is C1=CCC2NC3C(=C(C4=CCCC=C4)C2=C1)C=CC1=C3NC(c2ccc3cc4cc(-c5cc(-c6ccc(-c7ccccn7)cc6)nc(-c6ccc(-c7ccccc7)cn6)c5)ccc4cc3c2)C=C1. The fourth-order valence-electron chi connectivity index (χ4n) is 10.6. The van der Waals surface area contributed by atoms with E-state index in [9.17, 15) is 0 Å². The van der Waals surface area contributed by atoms with Crippen molar-refractivity contribution in [1.82, 2.24) is 25.6 Å². The summed E-state index contributed by atoms with van der Waals surface area (Å²) in [4.78, 5) is 14.7. The van der Waals surface area contributed by atoms with Gasteiger partial charge in [-0.1, -0.05) is 152 Å². The maximum absolute atomic E-state index is 5.23. The first-order valence-corrected chi connectivity index (χ1v) is 23.8. The molecule has 3 aromatic heterocycles. The third-order valence-electron chi connectivity index (χ3n) is 14.1. The van der Waals surface area contributed by atoms with Crippen LogP contribution in [0.25, 0.3) is 77.7 Å². The molecule has 324 valence electrons. The average Bonchev–Trinajstić information content (AvgIpc) is 3.42. The van der Waals surface area contributed by atoms with Crippen molar-refractivity contribution in [3.8, 4) is 56.2 Å². The van der Waals surface area contributed by atoms with Gasteiger partial charge in [-0.3, -0.25) is 15.3 Å². The van der Waals surface area contributed by atoms with Crippen LogP contribution in [0, 0.1) is 0 Å². The second kappa shape index (κ2) is 16.9. The summed E-state index contributed by atoms with van der Waals surface area (Å²) in [5, 5.41) is 12.9. The van der Waals surface area contributed by atoms with E-state index < -0.39 is 0 Å². The lowest BCUT2D eigenvalue weighted by molar-refractivity contribution is 0.487. The van der Waals surface area contributed by atoms with Crippen LogP contribution in [0.2, 0.25) is 0 Å². The van der Waals surface area contributed by atoms with Crippen molar-refractivity contribution in [3.63, 3.8) is 0 Å². The summed E-state index contributed by atoms with van der Waals surface area (Å²) in [6, 6.07) is 52.4. The van der Waals surface area contributed by atoms with E-state index in [0.29, 0.717) is 0 Å². The Hall–Kier alpha value is -8.25. The molecule has 5 aromatic carbocycles. The Kier molecular flexibility index (Phi) is 9.94. The Morgan fingerprint density at radius 1 is 0.529 bits per heavy atom. The van der Waals surface area contributed by atoms with Crippen LogP contribution in [-0.2, 0) is 0 Å². The Labute approximate surface area is 396 Å². The van der Waals surface area contributed by atoms with Crippen LogP contribution in [0.4, 0.5) is 0 Å². The zero-order valence-corrected chi connectivity index (χ0v) is 37.5. The standard InChI is InChI=1S/C63H47N5/c1-3-11-40(12-4-1)49-28-31-58(65-39-49)60-38-52(37-59(66-60)42-20-18-41(19-21-42)55-16-9-10-32-64-55)47-23-22-45-34-51-36-48(25-24-46(51)33-50(45)35-47)56-30-27-44-26-29-54-61(43-13-5-2-6-14-43)53-15-7-8-17-57(53)68-63(54)62(44)67-56/h1,3-5,7-16,18-39,56-57,63,67-68H,2,6,17H2. The minimum atomic E-state index is 0.0523. The number of benzene rings is 5. The smallest absolute Gasteiger partial charge is 0.0899 e. The lowest BCUT2D eigenvalue weighted by Gasteiger charge is -2.42. The van der Waals surface area contributed by atoms with Crippen molar-refractivity contribution in [2.75, 3.05) is 0 Å². The Morgan fingerprint density at radius 2 is 1.32 bits per heavy atom. The number of fused-ring (bicyclic) bond motifs is 5. The molecule has 0 bridgehead atoms. The number of dihydropyridines is 1. The zero-order valence-electron chi connectivity index (χ0n) is 37.5. The first-order valence-electron chi connectivity index (χ1n) is 23.8. The normalized spacial score (nSPS) is 19.3. The first-order chi connectivity index (χ1) is 33.6. The highest BCUT2D eigenvalue weighted by Crippen LogP contribution is 2.43. The van der Waals surface area contributed by atoms with Gasteiger partial charge < -0.3 is 5.32 Å². The molecule has 3 atom stereocenters. The number of aromatic nitrogens is 3. The van der Waals surface area contributed by atoms with Gasteiger partial charge in [-0.05, 0) is 146 Å². The number of hydrogen-bond acceptors (Lipinski definition) is 5. The minimum Gasteiger partial charge on any atom is -0.376 e. The van der Waals surface area contributed by atoms with E-state index in [1.54, 1.807) is 0 Å². The van der Waals surface area contributed by atoms with E-state index in [-0.39, 0.29) is 18.1 Å². The molecule has 5 aliphatic rings. The fourth-order valence-corrected chi connectivity index (χ4v) is 10.6. The van der Waals surface area contributed by atoms with Crippen LogP contribution in [0.1, 0.15) is 30.9 Å². The summed E-state index contributed by atoms with van der Waals surface area (Å²) >= 11 is 0. The summed E-state index contributed by atoms with van der Waals surface area (Å²) in [6.07, 6.45) is 30.2. The van der Waals surface area contributed by atoms with Gasteiger partial charge in [-0.2, -0.15) is 0 Å². The van der Waals surface area contributed by atoms with Crippen LogP contribution in [0.15, 0.2) is 252 Å². The maximum atomic E-state index is 5.23. The van der Waals surface area contributed by atoms with Crippen molar-refractivity contribution < 1.29 is 0 Å². The van der Waals surface area contributed by atoms with Crippen LogP contribution in [0.3, 0.4) is 0 Å². The molecular formula is C63H47N5. The predicted molar refractivity (Wildman–Crippen MR) is 279 cm³/mol. The molecule has 5 heterocycles. The van der Waals surface area contributed by atoms with Crippen molar-refractivity contribution in [1.29, 1.82) is 0 Å². The molecule has 13 rings (SSSR count). The number of pyridine rings is 3. The van der Waals surface area contributed by atoms with Crippen molar-refractivity contribution >= 4 is 21.5 Å². The molecule has 3 aliphatic carbocycles. The quantitative estimate of drug-likeness (QED) is 0.156. The second-order valence-electron chi connectivity index (χ2n) is 18.3. The number of hydrogen-bond donors (Lipinski definition) is 2. The minimum absolute atomic E-state index is 0.0523. The van der Waals surface area contributed by atoms with Gasteiger partial charge in [0.2, 0.25) is 0 Å². The molecule has 68 heavy (non-hydrogen) atoms. The molecule has 0 fully saturated rings. The molecule has 2 N–H and O–H groups in total. The molecule has 0 spiro atoms. The third kappa shape index (κ3) is 7.38. The molecule has 5 heteroatoms. The molecule has 3 unspecified atom stereocenters. The topological polar surface area (TPSA) is 62.7 Å². The number of nitrogens with zero attached hydrogens (tertiary/aromatic N) is 3. The maximum Gasteiger partial charge on any atom is 0.0899 e. The van der Waals surface area contributed by atoms with Crippen LogP contribution < -0.4 is 10.6 Å². The van der Waals surface area contributed by atoms with Crippen molar-refractivity contribution in [3.05, 3.63) is 258 Å². The molecule has 0 amide bonds. The first kappa shape index (κ1) is 40.1. The van der Waals surface area contributed by atoms with Crippen molar-refractivity contribution in [2.45, 2.75) is 37.4 Å².